The molecule has 1 heterocycles. The summed E-state index contributed by atoms with van der Waals surface area (Å²) in [7, 11) is 0. The minimum absolute atomic E-state index is 0.109. The monoisotopic (exact) mass is 436 g/mol. The Bertz CT molecular complexity index is 1000. The average Bonchev–Trinajstić information content (AvgIpc) is 3.23. The second-order valence-corrected chi connectivity index (χ2v) is 8.52. The molecule has 0 saturated carbocycles. The number of aromatic nitrogens is 2. The summed E-state index contributed by atoms with van der Waals surface area (Å²) in [5.74, 6) is -0.401. The first kappa shape index (κ1) is 22.6. The molecule has 2 aromatic carbocycles. The van der Waals surface area contributed by atoms with Gasteiger partial charge in [0.2, 0.25) is 16.9 Å². The molecule has 0 radical (unpaired) electrons. The number of hydrogen-bond acceptors (Lipinski definition) is 5. The maximum absolute atomic E-state index is 13.0. The first-order chi connectivity index (χ1) is 15.0. The predicted molar refractivity (Wildman–Crippen MR) is 125 cm³/mol. The highest BCUT2D eigenvalue weighted by Crippen LogP contribution is 2.27. The van der Waals surface area contributed by atoms with E-state index in [1.54, 1.807) is 0 Å². The summed E-state index contributed by atoms with van der Waals surface area (Å²) in [6.45, 7) is 4.11. The van der Waals surface area contributed by atoms with E-state index in [2.05, 4.69) is 27.8 Å². The van der Waals surface area contributed by atoms with Crippen LogP contribution < -0.4 is 10.6 Å². The van der Waals surface area contributed by atoms with Crippen molar-refractivity contribution in [2.24, 2.45) is 0 Å². The number of amides is 2. The van der Waals surface area contributed by atoms with Crippen molar-refractivity contribution in [3.8, 4) is 10.6 Å². The molecule has 0 saturated heterocycles. The minimum atomic E-state index is -0.678. The van der Waals surface area contributed by atoms with Gasteiger partial charge in [-0.2, -0.15) is 0 Å². The molecule has 0 aliphatic rings. The van der Waals surface area contributed by atoms with Crippen LogP contribution in [-0.2, 0) is 16.0 Å². The lowest BCUT2D eigenvalue weighted by molar-refractivity contribution is -0.126. The lowest BCUT2D eigenvalue weighted by Gasteiger charge is -2.18. The van der Waals surface area contributed by atoms with Gasteiger partial charge in [0.05, 0.1) is 0 Å². The molecular weight excluding hydrogens is 408 g/mol. The fraction of sp³-hybridized carbons (Fsp3) is 0.333. The Morgan fingerprint density at radius 3 is 2.58 bits per heavy atom. The average molecular weight is 437 g/mol. The third kappa shape index (κ3) is 7.00. The van der Waals surface area contributed by atoms with Crippen LogP contribution in [0.25, 0.3) is 10.6 Å². The number of rotatable bonds is 10. The highest BCUT2D eigenvalue weighted by atomic mass is 32.1. The molecule has 1 aromatic heterocycles. The van der Waals surface area contributed by atoms with Gasteiger partial charge in [0.25, 0.3) is 0 Å². The second kappa shape index (κ2) is 11.4. The number of carbonyl (C=O) groups excluding carboxylic acids is 2. The van der Waals surface area contributed by atoms with Crippen LogP contribution in [0.4, 0.5) is 5.13 Å². The van der Waals surface area contributed by atoms with Crippen molar-refractivity contribution in [3.63, 3.8) is 0 Å². The van der Waals surface area contributed by atoms with Crippen LogP contribution in [0.5, 0.6) is 0 Å². The van der Waals surface area contributed by atoms with Crippen molar-refractivity contribution in [2.75, 3.05) is 5.32 Å². The zero-order chi connectivity index (χ0) is 22.1. The smallest absolute Gasteiger partial charge is 0.249 e. The molecule has 0 aliphatic heterocycles. The Balaban J connectivity index is 1.69. The number of nitrogens with zero attached hydrogens (tertiary/aromatic N) is 2. The van der Waals surface area contributed by atoms with E-state index in [1.807, 2.05) is 61.5 Å². The maximum Gasteiger partial charge on any atom is 0.249 e. The fourth-order valence-electron chi connectivity index (χ4n) is 3.22. The van der Waals surface area contributed by atoms with E-state index in [1.165, 1.54) is 11.3 Å². The van der Waals surface area contributed by atoms with E-state index in [0.717, 1.165) is 41.0 Å². The standard InChI is InChI=1S/C24H28N4O2S/c1-3-4-6-14-21(29)25-20(16-18-11-7-5-8-12-18)22(30)26-24-28-27-23(31-24)19-13-9-10-17(2)15-19/h5,7-13,15,20H,3-4,6,14,16H2,1-2H3,(H,25,29)(H,26,28,30)/t20-/m0/s1. The predicted octanol–water partition coefficient (Wildman–Crippen LogP) is 4.76. The number of unbranched alkanes of at least 4 members (excludes halogenated alkanes) is 2. The van der Waals surface area contributed by atoms with Gasteiger partial charge < -0.3 is 5.32 Å². The van der Waals surface area contributed by atoms with Crippen molar-refractivity contribution < 1.29 is 9.59 Å². The molecule has 6 nitrogen and oxygen atoms in total. The Morgan fingerprint density at radius 2 is 1.84 bits per heavy atom. The quantitative estimate of drug-likeness (QED) is 0.449. The number of hydrogen-bond donors (Lipinski definition) is 2. The van der Waals surface area contributed by atoms with E-state index in [0.29, 0.717) is 18.0 Å². The summed E-state index contributed by atoms with van der Waals surface area (Å²) in [6.07, 6.45) is 3.69. The minimum Gasteiger partial charge on any atom is -0.344 e. The van der Waals surface area contributed by atoms with Gasteiger partial charge >= 0.3 is 0 Å². The van der Waals surface area contributed by atoms with Crippen LogP contribution in [0.2, 0.25) is 0 Å². The molecule has 0 aliphatic carbocycles. The van der Waals surface area contributed by atoms with Crippen molar-refractivity contribution in [2.45, 2.75) is 52.0 Å². The number of nitrogens with one attached hydrogen (secondary N) is 2. The van der Waals surface area contributed by atoms with Gasteiger partial charge in [0, 0.05) is 18.4 Å². The third-order valence-corrected chi connectivity index (χ3v) is 5.75. The van der Waals surface area contributed by atoms with Crippen molar-refractivity contribution >= 4 is 28.3 Å². The van der Waals surface area contributed by atoms with E-state index in [4.69, 9.17) is 0 Å². The number of carbonyl (C=O) groups is 2. The Kier molecular flexibility index (Phi) is 8.29. The van der Waals surface area contributed by atoms with Gasteiger partial charge in [0.15, 0.2) is 0 Å². The summed E-state index contributed by atoms with van der Waals surface area (Å²) in [5.41, 5.74) is 3.07. The highest BCUT2D eigenvalue weighted by Gasteiger charge is 2.22. The SMILES string of the molecule is CCCCCC(=O)N[C@@H](Cc1ccccc1)C(=O)Nc1nnc(-c2cccc(C)c2)s1. The van der Waals surface area contributed by atoms with Crippen LogP contribution in [0, 0.1) is 6.92 Å². The molecule has 0 spiro atoms. The molecule has 3 rings (SSSR count). The normalized spacial score (nSPS) is 11.7. The molecule has 0 bridgehead atoms. The molecule has 0 unspecified atom stereocenters. The molecule has 0 fully saturated rings. The first-order valence-corrected chi connectivity index (χ1v) is 11.4. The van der Waals surface area contributed by atoms with Crippen molar-refractivity contribution in [3.05, 3.63) is 65.7 Å². The zero-order valence-electron chi connectivity index (χ0n) is 17.9. The zero-order valence-corrected chi connectivity index (χ0v) is 18.7. The lowest BCUT2D eigenvalue weighted by Crippen LogP contribution is -2.45. The summed E-state index contributed by atoms with van der Waals surface area (Å²) < 4.78 is 0. The highest BCUT2D eigenvalue weighted by molar-refractivity contribution is 7.18. The van der Waals surface area contributed by atoms with E-state index in [9.17, 15) is 9.59 Å². The molecule has 1 atom stereocenters. The van der Waals surface area contributed by atoms with Gasteiger partial charge in [-0.25, -0.2) is 0 Å². The third-order valence-electron chi connectivity index (χ3n) is 4.86. The summed E-state index contributed by atoms with van der Waals surface area (Å²) in [6, 6.07) is 17.0. The molecular formula is C24H28N4O2S. The Hall–Kier alpha value is -3.06. The van der Waals surface area contributed by atoms with Crippen molar-refractivity contribution in [1.29, 1.82) is 0 Å². The van der Waals surface area contributed by atoms with Gasteiger partial charge in [-0.05, 0) is 25.0 Å². The van der Waals surface area contributed by atoms with Gasteiger partial charge in [-0.15, -0.1) is 10.2 Å². The number of anilines is 1. The Labute approximate surface area is 187 Å². The van der Waals surface area contributed by atoms with Crippen LogP contribution in [0.1, 0.15) is 43.7 Å². The summed E-state index contributed by atoms with van der Waals surface area (Å²) in [5, 5.41) is 15.2. The van der Waals surface area contributed by atoms with E-state index < -0.39 is 6.04 Å². The molecule has 162 valence electrons. The van der Waals surface area contributed by atoms with E-state index >= 15 is 0 Å². The molecule has 2 N–H and O–H groups in total. The number of benzene rings is 2. The fourth-order valence-corrected chi connectivity index (χ4v) is 3.97. The van der Waals surface area contributed by atoms with Crippen LogP contribution in [0.15, 0.2) is 54.6 Å². The largest absolute Gasteiger partial charge is 0.344 e. The Morgan fingerprint density at radius 1 is 1.03 bits per heavy atom. The molecule has 3 aromatic rings. The maximum atomic E-state index is 13.0. The summed E-state index contributed by atoms with van der Waals surface area (Å²) >= 11 is 1.32. The van der Waals surface area contributed by atoms with Crippen molar-refractivity contribution in [1.82, 2.24) is 15.5 Å². The van der Waals surface area contributed by atoms with E-state index in [-0.39, 0.29) is 11.8 Å². The topological polar surface area (TPSA) is 84.0 Å². The lowest BCUT2D eigenvalue weighted by atomic mass is 10.0. The first-order valence-electron chi connectivity index (χ1n) is 10.6. The summed E-state index contributed by atoms with van der Waals surface area (Å²) in [4.78, 5) is 25.4. The molecule has 2 amide bonds. The van der Waals surface area contributed by atoms with Gasteiger partial charge in [0.1, 0.15) is 11.0 Å². The van der Waals surface area contributed by atoms with Crippen LogP contribution in [0.3, 0.4) is 0 Å². The van der Waals surface area contributed by atoms with Gasteiger partial charge in [-0.3, -0.25) is 14.9 Å². The van der Waals surface area contributed by atoms with Crippen LogP contribution in [-0.4, -0.2) is 28.1 Å². The second-order valence-electron chi connectivity index (χ2n) is 7.54. The molecule has 7 heteroatoms. The molecule has 31 heavy (non-hydrogen) atoms. The number of aryl methyl sites for hydroxylation is 1. The van der Waals surface area contributed by atoms with Gasteiger partial charge in [-0.1, -0.05) is 85.2 Å². The van der Waals surface area contributed by atoms with Crippen LogP contribution >= 0.6 is 11.3 Å².